The maximum atomic E-state index is 12.0. The zero-order chi connectivity index (χ0) is 15.2. The number of anilines is 1. The van der Waals surface area contributed by atoms with Crippen molar-refractivity contribution in [2.24, 2.45) is 7.05 Å². The third-order valence-corrected chi connectivity index (χ3v) is 4.76. The van der Waals surface area contributed by atoms with Gasteiger partial charge in [-0.3, -0.25) is 4.79 Å². The molecule has 2 rings (SSSR count). The summed E-state index contributed by atoms with van der Waals surface area (Å²) in [6.07, 6.45) is 3.59. The van der Waals surface area contributed by atoms with Gasteiger partial charge in [-0.2, -0.15) is 0 Å². The first-order valence-corrected chi connectivity index (χ1v) is 8.54. The molecule has 0 fully saturated rings. The summed E-state index contributed by atoms with van der Waals surface area (Å²) in [5.41, 5.74) is 1.55. The predicted octanol–water partition coefficient (Wildman–Crippen LogP) is 2.37. The van der Waals surface area contributed by atoms with Crippen molar-refractivity contribution in [1.82, 2.24) is 9.55 Å². The van der Waals surface area contributed by atoms with Crippen LogP contribution in [-0.2, 0) is 18.4 Å². The predicted molar refractivity (Wildman–Crippen MR) is 86.7 cm³/mol. The number of hydrogen-bond acceptors (Lipinski definition) is 5. The van der Waals surface area contributed by atoms with Crippen molar-refractivity contribution in [2.45, 2.75) is 16.7 Å². The number of aliphatic hydroxyl groups excluding tert-OH is 1. The molecule has 1 heterocycles. The second-order valence-electron chi connectivity index (χ2n) is 4.29. The van der Waals surface area contributed by atoms with Gasteiger partial charge in [0, 0.05) is 11.9 Å². The normalized spacial score (nSPS) is 10.6. The van der Waals surface area contributed by atoms with Gasteiger partial charge < -0.3 is 15.0 Å². The number of imidazole rings is 1. The highest BCUT2D eigenvalue weighted by Gasteiger charge is 2.10. The van der Waals surface area contributed by atoms with Crippen molar-refractivity contribution in [2.75, 3.05) is 17.3 Å². The van der Waals surface area contributed by atoms with E-state index in [9.17, 15) is 4.79 Å². The van der Waals surface area contributed by atoms with Gasteiger partial charge in [-0.1, -0.05) is 23.9 Å². The van der Waals surface area contributed by atoms with Crippen LogP contribution in [0.2, 0.25) is 0 Å². The van der Waals surface area contributed by atoms with Crippen molar-refractivity contribution in [3.8, 4) is 0 Å². The van der Waals surface area contributed by atoms with E-state index in [-0.39, 0.29) is 18.3 Å². The Morgan fingerprint density at radius 2 is 2.19 bits per heavy atom. The number of para-hydroxylation sites is 1. The molecule has 2 N–H and O–H groups in total. The molecule has 0 bridgehead atoms. The molecule has 1 amide bonds. The molecule has 0 atom stereocenters. The maximum absolute atomic E-state index is 12.0. The van der Waals surface area contributed by atoms with Gasteiger partial charge in [0.1, 0.15) is 0 Å². The molecule has 0 spiro atoms. The van der Waals surface area contributed by atoms with Crippen LogP contribution in [0, 0.1) is 0 Å². The van der Waals surface area contributed by atoms with E-state index >= 15 is 0 Å². The molecule has 112 valence electrons. The number of amides is 1. The standard InChI is InChI=1S/C14H17N3O2S2/c1-17-10(8-18)7-15-14(17)21-9-13(19)16-11-5-3-4-6-12(11)20-2/h3-7,18H,8-9H2,1-2H3,(H,16,19). The van der Waals surface area contributed by atoms with Crippen LogP contribution in [0.5, 0.6) is 0 Å². The molecule has 1 aromatic carbocycles. The number of nitrogens with one attached hydrogen (secondary N) is 1. The molecule has 0 aliphatic heterocycles. The number of hydrogen-bond donors (Lipinski definition) is 2. The van der Waals surface area contributed by atoms with Crippen molar-refractivity contribution in [3.05, 3.63) is 36.2 Å². The quantitative estimate of drug-likeness (QED) is 0.799. The van der Waals surface area contributed by atoms with E-state index in [2.05, 4.69) is 10.3 Å². The number of rotatable bonds is 6. The van der Waals surface area contributed by atoms with Crippen molar-refractivity contribution in [1.29, 1.82) is 0 Å². The van der Waals surface area contributed by atoms with Gasteiger partial charge in [-0.25, -0.2) is 4.98 Å². The fraction of sp³-hybridized carbons (Fsp3) is 0.286. The summed E-state index contributed by atoms with van der Waals surface area (Å²) in [7, 11) is 1.82. The molecular formula is C14H17N3O2S2. The van der Waals surface area contributed by atoms with Crippen molar-refractivity contribution < 1.29 is 9.90 Å². The van der Waals surface area contributed by atoms with Crippen LogP contribution < -0.4 is 5.32 Å². The molecule has 0 unspecified atom stereocenters. The Bertz CT molecular complexity index is 628. The van der Waals surface area contributed by atoms with E-state index in [0.29, 0.717) is 5.16 Å². The van der Waals surface area contributed by atoms with Crippen LogP contribution in [0.15, 0.2) is 40.5 Å². The molecule has 7 heteroatoms. The minimum Gasteiger partial charge on any atom is -0.390 e. The van der Waals surface area contributed by atoms with Gasteiger partial charge in [-0.15, -0.1) is 11.8 Å². The second kappa shape index (κ2) is 7.53. The van der Waals surface area contributed by atoms with E-state index in [1.54, 1.807) is 22.5 Å². The minimum atomic E-state index is -0.0740. The zero-order valence-corrected chi connectivity index (χ0v) is 13.5. The average molecular weight is 323 g/mol. The second-order valence-corrected chi connectivity index (χ2v) is 6.08. The fourth-order valence-electron chi connectivity index (χ4n) is 1.77. The summed E-state index contributed by atoms with van der Waals surface area (Å²) >= 11 is 2.94. The third-order valence-electron chi connectivity index (χ3n) is 2.92. The first-order valence-electron chi connectivity index (χ1n) is 6.32. The van der Waals surface area contributed by atoms with E-state index in [1.165, 1.54) is 11.8 Å². The Morgan fingerprint density at radius 1 is 1.43 bits per heavy atom. The van der Waals surface area contributed by atoms with Crippen LogP contribution in [0.4, 0.5) is 5.69 Å². The molecule has 5 nitrogen and oxygen atoms in total. The van der Waals surface area contributed by atoms with Gasteiger partial charge >= 0.3 is 0 Å². The number of benzene rings is 1. The lowest BCUT2D eigenvalue weighted by atomic mass is 10.3. The Hall–Kier alpha value is -1.44. The fourth-order valence-corrected chi connectivity index (χ4v) is 3.10. The van der Waals surface area contributed by atoms with Crippen LogP contribution in [0.3, 0.4) is 0 Å². The topological polar surface area (TPSA) is 67.2 Å². The number of thioether (sulfide) groups is 2. The van der Waals surface area contributed by atoms with Crippen LogP contribution in [0.1, 0.15) is 5.69 Å². The Kier molecular flexibility index (Phi) is 5.72. The number of aromatic nitrogens is 2. The highest BCUT2D eigenvalue weighted by Crippen LogP contribution is 2.25. The lowest BCUT2D eigenvalue weighted by molar-refractivity contribution is -0.113. The highest BCUT2D eigenvalue weighted by atomic mass is 32.2. The van der Waals surface area contributed by atoms with E-state index < -0.39 is 0 Å². The lowest BCUT2D eigenvalue weighted by Gasteiger charge is -2.09. The van der Waals surface area contributed by atoms with Crippen LogP contribution in [0.25, 0.3) is 0 Å². The molecule has 0 radical (unpaired) electrons. The van der Waals surface area contributed by atoms with Crippen molar-refractivity contribution >= 4 is 35.1 Å². The summed E-state index contributed by atoms with van der Waals surface area (Å²) in [5.74, 6) is 0.202. The summed E-state index contributed by atoms with van der Waals surface area (Å²) in [6, 6.07) is 7.70. The maximum Gasteiger partial charge on any atom is 0.234 e. The van der Waals surface area contributed by atoms with Crippen molar-refractivity contribution in [3.63, 3.8) is 0 Å². The Labute approximate surface area is 132 Å². The molecule has 0 saturated carbocycles. The average Bonchev–Trinajstić information content (AvgIpc) is 2.86. The SMILES string of the molecule is CSc1ccccc1NC(=O)CSc1ncc(CO)n1C. The summed E-state index contributed by atoms with van der Waals surface area (Å²) < 4.78 is 1.79. The summed E-state index contributed by atoms with van der Waals surface area (Å²) in [5, 5.41) is 12.7. The van der Waals surface area contributed by atoms with Crippen LogP contribution >= 0.6 is 23.5 Å². The summed E-state index contributed by atoms with van der Waals surface area (Å²) in [6.45, 7) is -0.0582. The first-order chi connectivity index (χ1) is 10.2. The van der Waals surface area contributed by atoms with E-state index in [1.807, 2.05) is 37.6 Å². The molecule has 0 saturated heterocycles. The smallest absolute Gasteiger partial charge is 0.234 e. The number of aliphatic hydroxyl groups is 1. The molecule has 21 heavy (non-hydrogen) atoms. The monoisotopic (exact) mass is 323 g/mol. The molecular weight excluding hydrogens is 306 g/mol. The Morgan fingerprint density at radius 3 is 2.86 bits per heavy atom. The van der Waals surface area contributed by atoms with E-state index in [4.69, 9.17) is 5.11 Å². The number of carbonyl (C=O) groups excluding carboxylic acids is 1. The molecule has 2 aromatic rings. The molecule has 0 aliphatic rings. The summed E-state index contributed by atoms with van der Waals surface area (Å²) in [4.78, 5) is 17.2. The molecule has 1 aromatic heterocycles. The number of carbonyl (C=O) groups is 1. The van der Waals surface area contributed by atoms with E-state index in [0.717, 1.165) is 16.3 Å². The van der Waals surface area contributed by atoms with Crippen LogP contribution in [-0.4, -0.2) is 32.6 Å². The lowest BCUT2D eigenvalue weighted by Crippen LogP contribution is -2.15. The van der Waals surface area contributed by atoms with Gasteiger partial charge in [0.15, 0.2) is 5.16 Å². The first kappa shape index (κ1) is 15.9. The Balaban J connectivity index is 1.94. The largest absolute Gasteiger partial charge is 0.390 e. The zero-order valence-electron chi connectivity index (χ0n) is 11.9. The van der Waals surface area contributed by atoms with Gasteiger partial charge in [0.05, 0.1) is 29.9 Å². The highest BCUT2D eigenvalue weighted by molar-refractivity contribution is 7.99. The van der Waals surface area contributed by atoms with Gasteiger partial charge in [0.2, 0.25) is 5.91 Å². The third kappa shape index (κ3) is 4.03. The minimum absolute atomic E-state index is 0.0582. The molecule has 0 aliphatic carbocycles. The van der Waals surface area contributed by atoms with Gasteiger partial charge in [0.25, 0.3) is 0 Å². The number of nitrogens with zero attached hydrogens (tertiary/aromatic N) is 2. The van der Waals surface area contributed by atoms with Gasteiger partial charge in [-0.05, 0) is 18.4 Å².